The van der Waals surface area contributed by atoms with E-state index in [1.807, 2.05) is 0 Å². The molecule has 4 heteroatoms. The van der Waals surface area contributed by atoms with Crippen molar-refractivity contribution >= 4 is 6.29 Å². The summed E-state index contributed by atoms with van der Waals surface area (Å²) in [6, 6.07) is 2.60. The zero-order chi connectivity index (χ0) is 10.6. The van der Waals surface area contributed by atoms with Crippen LogP contribution in [0.4, 0.5) is 4.39 Å². The summed E-state index contributed by atoms with van der Waals surface area (Å²) < 4.78 is 22.9. The average molecular weight is 198 g/mol. The molecule has 0 fully saturated rings. The molecule has 1 aromatic rings. The first-order chi connectivity index (χ1) is 6.72. The molecule has 0 aliphatic rings. The van der Waals surface area contributed by atoms with Crippen molar-refractivity contribution in [1.82, 2.24) is 0 Å². The summed E-state index contributed by atoms with van der Waals surface area (Å²) in [5, 5.41) is 0. The van der Waals surface area contributed by atoms with E-state index in [9.17, 15) is 9.18 Å². The third kappa shape index (κ3) is 2.09. The molecule has 0 unspecified atom stereocenters. The van der Waals surface area contributed by atoms with Crippen LogP contribution < -0.4 is 4.74 Å². The largest absolute Gasteiger partial charge is 0.496 e. The van der Waals surface area contributed by atoms with Crippen molar-refractivity contribution in [3.63, 3.8) is 0 Å². The van der Waals surface area contributed by atoms with E-state index in [2.05, 4.69) is 0 Å². The molecule has 1 aromatic carbocycles. The molecule has 0 bridgehead atoms. The predicted octanol–water partition coefficient (Wildman–Crippen LogP) is 1.79. The number of aldehydes is 1. The minimum Gasteiger partial charge on any atom is -0.496 e. The molecule has 0 saturated carbocycles. The van der Waals surface area contributed by atoms with Gasteiger partial charge in [0.25, 0.3) is 0 Å². The van der Waals surface area contributed by atoms with Crippen molar-refractivity contribution in [2.24, 2.45) is 0 Å². The number of rotatable bonds is 4. The van der Waals surface area contributed by atoms with E-state index < -0.39 is 5.82 Å². The van der Waals surface area contributed by atoms with Crippen LogP contribution in [0.15, 0.2) is 12.1 Å². The van der Waals surface area contributed by atoms with Crippen molar-refractivity contribution < 1.29 is 18.7 Å². The fourth-order valence-electron chi connectivity index (χ4n) is 1.17. The van der Waals surface area contributed by atoms with E-state index in [0.29, 0.717) is 17.6 Å². The Morgan fingerprint density at radius 1 is 1.43 bits per heavy atom. The second kappa shape index (κ2) is 4.72. The van der Waals surface area contributed by atoms with Gasteiger partial charge in [0.15, 0.2) is 6.29 Å². The van der Waals surface area contributed by atoms with Crippen LogP contribution in [0.2, 0.25) is 0 Å². The van der Waals surface area contributed by atoms with E-state index in [4.69, 9.17) is 9.47 Å². The van der Waals surface area contributed by atoms with Crippen molar-refractivity contribution in [3.05, 3.63) is 29.1 Å². The molecular weight excluding hydrogens is 187 g/mol. The molecule has 14 heavy (non-hydrogen) atoms. The maximum Gasteiger partial charge on any atom is 0.153 e. The summed E-state index contributed by atoms with van der Waals surface area (Å²) in [7, 11) is 2.96. The monoisotopic (exact) mass is 198 g/mol. The lowest BCUT2D eigenvalue weighted by Gasteiger charge is -2.08. The van der Waals surface area contributed by atoms with E-state index in [-0.39, 0.29) is 12.2 Å². The predicted molar refractivity (Wildman–Crippen MR) is 49.1 cm³/mol. The molecule has 76 valence electrons. The number of methoxy groups -OCH3 is 2. The maximum atomic E-state index is 13.1. The van der Waals surface area contributed by atoms with Crippen LogP contribution in [0.25, 0.3) is 0 Å². The fourth-order valence-corrected chi connectivity index (χ4v) is 1.17. The Labute approximate surface area is 81.4 Å². The molecule has 0 aliphatic heterocycles. The Morgan fingerprint density at radius 2 is 2.14 bits per heavy atom. The maximum absolute atomic E-state index is 13.1. The van der Waals surface area contributed by atoms with Crippen LogP contribution in [0.5, 0.6) is 5.75 Å². The Kier molecular flexibility index (Phi) is 3.59. The van der Waals surface area contributed by atoms with Gasteiger partial charge in [-0.05, 0) is 6.07 Å². The molecule has 0 N–H and O–H groups in total. The van der Waals surface area contributed by atoms with Crippen LogP contribution in [-0.4, -0.2) is 20.5 Å². The Hall–Kier alpha value is -1.42. The van der Waals surface area contributed by atoms with Gasteiger partial charge in [-0.25, -0.2) is 4.39 Å². The van der Waals surface area contributed by atoms with Gasteiger partial charge in [0.1, 0.15) is 11.6 Å². The average Bonchev–Trinajstić information content (AvgIpc) is 2.20. The van der Waals surface area contributed by atoms with Crippen molar-refractivity contribution in [3.8, 4) is 5.75 Å². The smallest absolute Gasteiger partial charge is 0.153 e. The van der Waals surface area contributed by atoms with Gasteiger partial charge in [0.05, 0.1) is 19.3 Å². The zero-order valence-corrected chi connectivity index (χ0v) is 8.04. The minimum absolute atomic E-state index is 0.0119. The second-order valence-electron chi connectivity index (χ2n) is 2.74. The third-order valence-corrected chi connectivity index (χ3v) is 1.83. The van der Waals surface area contributed by atoms with Gasteiger partial charge in [-0.3, -0.25) is 4.79 Å². The van der Waals surface area contributed by atoms with Gasteiger partial charge in [-0.2, -0.15) is 0 Å². The van der Waals surface area contributed by atoms with Gasteiger partial charge in [0.2, 0.25) is 0 Å². The highest BCUT2D eigenvalue weighted by Gasteiger charge is 2.09. The van der Waals surface area contributed by atoms with Crippen LogP contribution >= 0.6 is 0 Å². The molecule has 3 nitrogen and oxygen atoms in total. The standard InChI is InChI=1S/C10H11FO3/c1-13-6-8-3-7(5-12)9(11)4-10(8)14-2/h3-5H,6H2,1-2H3. The number of benzene rings is 1. The lowest BCUT2D eigenvalue weighted by Crippen LogP contribution is -1.98. The van der Waals surface area contributed by atoms with Crippen LogP contribution in [0.3, 0.4) is 0 Å². The molecule has 0 aliphatic carbocycles. The molecule has 0 radical (unpaired) electrons. The molecule has 1 rings (SSSR count). The number of hydrogen-bond acceptors (Lipinski definition) is 3. The highest BCUT2D eigenvalue weighted by atomic mass is 19.1. The normalized spacial score (nSPS) is 9.93. The first kappa shape index (κ1) is 10.7. The van der Waals surface area contributed by atoms with Crippen molar-refractivity contribution in [2.75, 3.05) is 14.2 Å². The SMILES string of the molecule is COCc1cc(C=O)c(F)cc1OC. The second-order valence-corrected chi connectivity index (χ2v) is 2.74. The van der Waals surface area contributed by atoms with Gasteiger partial charge in [-0.15, -0.1) is 0 Å². The topological polar surface area (TPSA) is 35.5 Å². The van der Waals surface area contributed by atoms with Gasteiger partial charge < -0.3 is 9.47 Å². The minimum atomic E-state index is -0.586. The lowest BCUT2D eigenvalue weighted by molar-refractivity contribution is 0.111. The summed E-state index contributed by atoms with van der Waals surface area (Å²) >= 11 is 0. The highest BCUT2D eigenvalue weighted by Crippen LogP contribution is 2.22. The third-order valence-electron chi connectivity index (χ3n) is 1.83. The molecular formula is C10H11FO3. The van der Waals surface area contributed by atoms with E-state index in [0.717, 1.165) is 0 Å². The fraction of sp³-hybridized carbons (Fsp3) is 0.300. The highest BCUT2D eigenvalue weighted by molar-refractivity contribution is 5.76. The number of halogens is 1. The number of carbonyl (C=O) groups excluding carboxylic acids is 1. The molecule has 0 aromatic heterocycles. The first-order valence-electron chi connectivity index (χ1n) is 4.03. The summed E-state index contributed by atoms with van der Waals surface area (Å²) in [6.45, 7) is 0.282. The molecule has 0 atom stereocenters. The van der Waals surface area contributed by atoms with Crippen LogP contribution in [0, 0.1) is 5.82 Å². The van der Waals surface area contributed by atoms with E-state index >= 15 is 0 Å². The molecule has 0 amide bonds. The number of ether oxygens (including phenoxy) is 2. The molecule has 0 heterocycles. The van der Waals surface area contributed by atoms with E-state index in [1.165, 1.54) is 26.4 Å². The summed E-state index contributed by atoms with van der Waals surface area (Å²) in [5.74, 6) is -0.202. The Balaban J connectivity index is 3.17. The zero-order valence-electron chi connectivity index (χ0n) is 8.04. The van der Waals surface area contributed by atoms with Gasteiger partial charge >= 0.3 is 0 Å². The first-order valence-corrected chi connectivity index (χ1v) is 4.03. The Morgan fingerprint density at radius 3 is 2.64 bits per heavy atom. The molecule has 0 saturated heterocycles. The van der Waals surface area contributed by atoms with Crippen molar-refractivity contribution in [1.29, 1.82) is 0 Å². The summed E-state index contributed by atoms with van der Waals surface area (Å²) in [6.07, 6.45) is 0.466. The Bertz CT molecular complexity index is 336. The molecule has 0 spiro atoms. The van der Waals surface area contributed by atoms with Crippen LogP contribution in [0.1, 0.15) is 15.9 Å². The number of carbonyl (C=O) groups is 1. The number of hydrogen-bond donors (Lipinski definition) is 0. The van der Waals surface area contributed by atoms with Crippen LogP contribution in [-0.2, 0) is 11.3 Å². The van der Waals surface area contributed by atoms with Gasteiger partial charge in [0, 0.05) is 18.7 Å². The van der Waals surface area contributed by atoms with Gasteiger partial charge in [-0.1, -0.05) is 0 Å². The lowest BCUT2D eigenvalue weighted by atomic mass is 10.1. The summed E-state index contributed by atoms with van der Waals surface area (Å²) in [4.78, 5) is 10.5. The summed E-state index contributed by atoms with van der Waals surface area (Å²) in [5.41, 5.74) is 0.663. The quantitative estimate of drug-likeness (QED) is 0.692. The van der Waals surface area contributed by atoms with E-state index in [1.54, 1.807) is 0 Å². The van der Waals surface area contributed by atoms with Crippen molar-refractivity contribution in [2.45, 2.75) is 6.61 Å².